The van der Waals surface area contributed by atoms with Gasteiger partial charge in [-0.25, -0.2) is 0 Å². The third kappa shape index (κ3) is 2.68. The van der Waals surface area contributed by atoms with Crippen molar-refractivity contribution in [2.75, 3.05) is 6.79 Å². The molecule has 0 saturated heterocycles. The fourth-order valence-corrected chi connectivity index (χ4v) is 1.98. The summed E-state index contributed by atoms with van der Waals surface area (Å²) < 4.78 is 10.2. The Morgan fingerprint density at radius 2 is 0.895 bits per heavy atom. The largest absolute Gasteiger partial charge is 0.454 e. The van der Waals surface area contributed by atoms with E-state index >= 15 is 0 Å². The van der Waals surface area contributed by atoms with Crippen molar-refractivity contribution in [1.29, 1.82) is 0 Å². The summed E-state index contributed by atoms with van der Waals surface area (Å²) in [4.78, 5) is 0. The van der Waals surface area contributed by atoms with Gasteiger partial charge in [0, 0.05) is 0 Å². The zero-order valence-electron chi connectivity index (χ0n) is 10.5. The number of fused-ring (bicyclic) bond motifs is 2. The van der Waals surface area contributed by atoms with E-state index in [1.165, 1.54) is 10.8 Å². The van der Waals surface area contributed by atoms with Crippen LogP contribution < -0.4 is 9.47 Å². The molecule has 0 fully saturated rings. The van der Waals surface area contributed by atoms with E-state index in [0.29, 0.717) is 6.79 Å². The molecule has 0 saturated carbocycles. The number of hydrogen-bond donors (Lipinski definition) is 0. The zero-order chi connectivity index (χ0) is 12.9. The average Bonchev–Trinajstić information content (AvgIpc) is 2.96. The van der Waals surface area contributed by atoms with E-state index in [1.54, 1.807) is 0 Å². The Labute approximate surface area is 112 Å². The fourth-order valence-electron chi connectivity index (χ4n) is 1.98. The topological polar surface area (TPSA) is 18.5 Å². The SMILES string of the molecule is c1ccc2c(c1)OCO2.c1ccc2ccccc2c1. The maximum absolute atomic E-state index is 5.08. The molecule has 19 heavy (non-hydrogen) atoms. The number of para-hydroxylation sites is 2. The van der Waals surface area contributed by atoms with Crippen LogP contribution in [0.5, 0.6) is 11.5 Å². The molecule has 2 heteroatoms. The van der Waals surface area contributed by atoms with Gasteiger partial charge in [-0.1, -0.05) is 60.7 Å². The van der Waals surface area contributed by atoms with Crippen LogP contribution in [0.1, 0.15) is 0 Å². The van der Waals surface area contributed by atoms with Crippen molar-refractivity contribution in [3.63, 3.8) is 0 Å². The lowest BCUT2D eigenvalue weighted by atomic mass is 10.1. The maximum Gasteiger partial charge on any atom is 0.231 e. The lowest BCUT2D eigenvalue weighted by Gasteiger charge is -1.92. The molecular weight excluding hydrogens is 236 g/mol. The molecule has 0 aliphatic carbocycles. The van der Waals surface area contributed by atoms with Gasteiger partial charge in [-0.2, -0.15) is 0 Å². The van der Waals surface area contributed by atoms with Crippen LogP contribution in [0.3, 0.4) is 0 Å². The van der Waals surface area contributed by atoms with Crippen LogP contribution in [-0.4, -0.2) is 6.79 Å². The van der Waals surface area contributed by atoms with E-state index < -0.39 is 0 Å². The van der Waals surface area contributed by atoms with Gasteiger partial charge in [0.1, 0.15) is 0 Å². The van der Waals surface area contributed by atoms with Gasteiger partial charge < -0.3 is 9.47 Å². The molecule has 0 N–H and O–H groups in total. The van der Waals surface area contributed by atoms with Crippen molar-refractivity contribution in [3.05, 3.63) is 72.8 Å². The van der Waals surface area contributed by atoms with Crippen molar-refractivity contribution in [2.24, 2.45) is 0 Å². The van der Waals surface area contributed by atoms with Crippen molar-refractivity contribution < 1.29 is 9.47 Å². The first-order valence-electron chi connectivity index (χ1n) is 6.22. The fraction of sp³-hybridized carbons (Fsp3) is 0.0588. The summed E-state index contributed by atoms with van der Waals surface area (Å²) in [6.07, 6.45) is 0. The minimum atomic E-state index is 0.360. The molecule has 3 aromatic carbocycles. The number of hydrogen-bond acceptors (Lipinski definition) is 2. The van der Waals surface area contributed by atoms with Gasteiger partial charge in [0.2, 0.25) is 6.79 Å². The van der Waals surface area contributed by atoms with E-state index in [0.717, 1.165) is 11.5 Å². The molecule has 94 valence electrons. The maximum atomic E-state index is 5.08. The molecule has 0 aromatic heterocycles. The summed E-state index contributed by atoms with van der Waals surface area (Å²) in [6, 6.07) is 24.3. The first-order valence-corrected chi connectivity index (χ1v) is 6.22. The first kappa shape index (κ1) is 11.6. The number of rotatable bonds is 0. The summed E-state index contributed by atoms with van der Waals surface area (Å²) >= 11 is 0. The van der Waals surface area contributed by atoms with Gasteiger partial charge in [0.15, 0.2) is 11.5 Å². The zero-order valence-corrected chi connectivity index (χ0v) is 10.5. The molecule has 0 atom stereocenters. The molecule has 4 rings (SSSR count). The number of benzene rings is 3. The molecule has 0 unspecified atom stereocenters. The lowest BCUT2D eigenvalue weighted by Crippen LogP contribution is -1.92. The van der Waals surface area contributed by atoms with Crippen LogP contribution in [0, 0.1) is 0 Å². The van der Waals surface area contributed by atoms with Gasteiger partial charge in [-0.05, 0) is 22.9 Å². The second-order valence-electron chi connectivity index (χ2n) is 4.20. The Balaban J connectivity index is 0.000000117. The smallest absolute Gasteiger partial charge is 0.231 e. The second kappa shape index (κ2) is 5.44. The highest BCUT2D eigenvalue weighted by Crippen LogP contribution is 2.30. The van der Waals surface area contributed by atoms with Crippen molar-refractivity contribution in [3.8, 4) is 11.5 Å². The third-order valence-electron chi connectivity index (χ3n) is 2.94. The van der Waals surface area contributed by atoms with E-state index in [4.69, 9.17) is 9.47 Å². The van der Waals surface area contributed by atoms with E-state index in [9.17, 15) is 0 Å². The monoisotopic (exact) mass is 250 g/mol. The minimum Gasteiger partial charge on any atom is -0.454 e. The molecule has 0 bridgehead atoms. The van der Waals surface area contributed by atoms with Gasteiger partial charge in [-0.15, -0.1) is 0 Å². The van der Waals surface area contributed by atoms with E-state index in [-0.39, 0.29) is 0 Å². The van der Waals surface area contributed by atoms with Gasteiger partial charge >= 0.3 is 0 Å². The Kier molecular flexibility index (Phi) is 3.32. The summed E-state index contributed by atoms with van der Waals surface area (Å²) in [5.41, 5.74) is 0. The van der Waals surface area contributed by atoms with E-state index in [2.05, 4.69) is 48.5 Å². The van der Waals surface area contributed by atoms with Crippen LogP contribution >= 0.6 is 0 Å². The molecular formula is C17H14O2. The molecule has 0 spiro atoms. The quantitative estimate of drug-likeness (QED) is 0.593. The van der Waals surface area contributed by atoms with Gasteiger partial charge in [0.25, 0.3) is 0 Å². The highest BCUT2D eigenvalue weighted by Gasteiger charge is 2.09. The van der Waals surface area contributed by atoms with Gasteiger partial charge in [-0.3, -0.25) is 0 Å². The summed E-state index contributed by atoms with van der Waals surface area (Å²) in [5, 5.41) is 2.62. The second-order valence-corrected chi connectivity index (χ2v) is 4.20. The van der Waals surface area contributed by atoms with E-state index in [1.807, 2.05) is 24.3 Å². The molecule has 0 radical (unpaired) electrons. The van der Waals surface area contributed by atoms with Crippen LogP contribution in [-0.2, 0) is 0 Å². The predicted octanol–water partition coefficient (Wildman–Crippen LogP) is 4.26. The molecule has 1 aliphatic heterocycles. The van der Waals surface area contributed by atoms with Crippen LogP contribution in [0.4, 0.5) is 0 Å². The summed E-state index contributed by atoms with van der Waals surface area (Å²) in [7, 11) is 0. The molecule has 0 amide bonds. The molecule has 3 aromatic rings. The number of ether oxygens (including phenoxy) is 2. The summed E-state index contributed by atoms with van der Waals surface area (Å²) in [5.74, 6) is 1.69. The Morgan fingerprint density at radius 3 is 1.32 bits per heavy atom. The highest BCUT2D eigenvalue weighted by atomic mass is 16.7. The Morgan fingerprint density at radius 1 is 0.526 bits per heavy atom. The first-order chi connectivity index (χ1) is 9.43. The highest BCUT2D eigenvalue weighted by molar-refractivity contribution is 5.81. The minimum absolute atomic E-state index is 0.360. The van der Waals surface area contributed by atoms with Crippen molar-refractivity contribution in [2.45, 2.75) is 0 Å². The Hall–Kier alpha value is -2.48. The molecule has 2 nitrogen and oxygen atoms in total. The van der Waals surface area contributed by atoms with Crippen LogP contribution in [0.2, 0.25) is 0 Å². The molecule has 1 aliphatic rings. The normalized spacial score (nSPS) is 11.8. The van der Waals surface area contributed by atoms with Crippen molar-refractivity contribution >= 4 is 10.8 Å². The lowest BCUT2D eigenvalue weighted by molar-refractivity contribution is 0.174. The Bertz CT molecular complexity index is 588. The average molecular weight is 250 g/mol. The molecule has 1 heterocycles. The van der Waals surface area contributed by atoms with Crippen LogP contribution in [0.25, 0.3) is 10.8 Å². The van der Waals surface area contributed by atoms with Gasteiger partial charge in [0.05, 0.1) is 0 Å². The third-order valence-corrected chi connectivity index (χ3v) is 2.94. The summed E-state index contributed by atoms with van der Waals surface area (Å²) in [6.45, 7) is 0.360. The predicted molar refractivity (Wildman–Crippen MR) is 76.5 cm³/mol. The van der Waals surface area contributed by atoms with Crippen LogP contribution in [0.15, 0.2) is 72.8 Å². The standard InChI is InChI=1S/C10H8.C7H6O2/c1-2-6-10-8-4-3-7-9(10)5-1;1-2-4-7-6(3-1)8-5-9-7/h1-8H;1-4H,5H2. The van der Waals surface area contributed by atoms with Crippen molar-refractivity contribution in [1.82, 2.24) is 0 Å².